The van der Waals surface area contributed by atoms with Crippen LogP contribution in [0, 0.1) is 0 Å². The fourth-order valence-corrected chi connectivity index (χ4v) is 2.60. The van der Waals surface area contributed by atoms with E-state index in [1.165, 1.54) is 0 Å². The van der Waals surface area contributed by atoms with Crippen molar-refractivity contribution in [2.24, 2.45) is 5.73 Å². The van der Waals surface area contributed by atoms with Crippen molar-refractivity contribution in [2.45, 2.75) is 31.3 Å². The zero-order chi connectivity index (χ0) is 13.7. The molecule has 1 heterocycles. The van der Waals surface area contributed by atoms with Crippen LogP contribution in [0.15, 0.2) is 30.3 Å². The molecule has 0 aliphatic carbocycles. The van der Waals surface area contributed by atoms with Crippen LogP contribution in [0.3, 0.4) is 0 Å². The maximum Gasteiger partial charge on any atom is 0.239 e. The molecule has 1 aromatic carbocycles. The Morgan fingerprint density at radius 3 is 2.89 bits per heavy atom. The lowest BCUT2D eigenvalue weighted by Crippen LogP contribution is -2.52. The third-order valence-corrected chi connectivity index (χ3v) is 3.76. The van der Waals surface area contributed by atoms with Crippen LogP contribution < -0.4 is 11.1 Å². The Hall–Kier alpha value is -1.39. The van der Waals surface area contributed by atoms with Crippen molar-refractivity contribution in [1.82, 2.24) is 10.2 Å². The highest BCUT2D eigenvalue weighted by Gasteiger charge is 2.26. The summed E-state index contributed by atoms with van der Waals surface area (Å²) in [4.78, 5) is 14.2. The predicted octanol–water partition coefficient (Wildman–Crippen LogP) is 0.767. The lowest BCUT2D eigenvalue weighted by Gasteiger charge is -2.34. The van der Waals surface area contributed by atoms with Crippen LogP contribution in [-0.4, -0.2) is 43.0 Å². The van der Waals surface area contributed by atoms with E-state index in [0.29, 0.717) is 12.5 Å². The third-order valence-electron chi connectivity index (χ3n) is 3.76. The highest BCUT2D eigenvalue weighted by Crippen LogP contribution is 2.12. The molecule has 2 atom stereocenters. The number of carbonyl (C=O) groups is 1. The molecule has 2 rings (SSSR count). The van der Waals surface area contributed by atoms with Crippen molar-refractivity contribution in [2.75, 3.05) is 20.1 Å². The molecule has 1 saturated heterocycles. The van der Waals surface area contributed by atoms with E-state index in [1.807, 2.05) is 42.3 Å². The van der Waals surface area contributed by atoms with Crippen LogP contribution >= 0.6 is 0 Å². The van der Waals surface area contributed by atoms with Gasteiger partial charge in [-0.25, -0.2) is 0 Å². The van der Waals surface area contributed by atoms with E-state index in [1.54, 1.807) is 0 Å². The molecule has 0 aromatic heterocycles. The van der Waals surface area contributed by atoms with Gasteiger partial charge in [-0.3, -0.25) is 4.79 Å². The summed E-state index contributed by atoms with van der Waals surface area (Å²) in [5.74, 6) is 0.0730. The number of nitrogens with zero attached hydrogens (tertiary/aromatic N) is 1. The molecule has 4 nitrogen and oxygen atoms in total. The first kappa shape index (κ1) is 14.0. The molecule has 1 amide bonds. The van der Waals surface area contributed by atoms with Crippen LogP contribution in [0.2, 0.25) is 0 Å². The van der Waals surface area contributed by atoms with Gasteiger partial charge >= 0.3 is 0 Å². The number of nitrogens with one attached hydrogen (secondary N) is 1. The first-order valence-corrected chi connectivity index (χ1v) is 6.96. The molecule has 0 spiro atoms. The van der Waals surface area contributed by atoms with Gasteiger partial charge in [0.25, 0.3) is 0 Å². The number of rotatable bonds is 4. The summed E-state index contributed by atoms with van der Waals surface area (Å²) in [5, 5.41) is 3.24. The lowest BCUT2D eigenvalue weighted by atomic mass is 10.0. The van der Waals surface area contributed by atoms with Crippen LogP contribution in [0.5, 0.6) is 0 Å². The molecule has 1 fully saturated rings. The number of benzene rings is 1. The number of likely N-dealkylation sites (N-methyl/N-ethyl adjacent to an activating group) is 1. The molecule has 19 heavy (non-hydrogen) atoms. The van der Waals surface area contributed by atoms with Gasteiger partial charge in [0.2, 0.25) is 5.91 Å². The SMILES string of the molecule is CNC1CCCN(C(=O)[C@@H](N)Cc2ccccc2)C1. The van der Waals surface area contributed by atoms with Crippen LogP contribution in [0.4, 0.5) is 0 Å². The number of hydrogen-bond donors (Lipinski definition) is 2. The monoisotopic (exact) mass is 261 g/mol. The Labute approximate surface area is 115 Å². The largest absolute Gasteiger partial charge is 0.340 e. The van der Waals surface area contributed by atoms with Gasteiger partial charge in [0.1, 0.15) is 0 Å². The quantitative estimate of drug-likeness (QED) is 0.841. The van der Waals surface area contributed by atoms with E-state index in [4.69, 9.17) is 5.73 Å². The van der Waals surface area contributed by atoms with Gasteiger partial charge in [-0.1, -0.05) is 30.3 Å². The van der Waals surface area contributed by atoms with E-state index in [9.17, 15) is 4.79 Å². The van der Waals surface area contributed by atoms with Crippen LogP contribution in [-0.2, 0) is 11.2 Å². The maximum atomic E-state index is 12.3. The van der Waals surface area contributed by atoms with Crippen molar-refractivity contribution in [3.8, 4) is 0 Å². The molecule has 1 aliphatic rings. The highest BCUT2D eigenvalue weighted by atomic mass is 16.2. The fraction of sp³-hybridized carbons (Fsp3) is 0.533. The molecule has 0 radical (unpaired) electrons. The number of likely N-dealkylation sites (tertiary alicyclic amines) is 1. The average Bonchev–Trinajstić information content (AvgIpc) is 2.47. The van der Waals surface area contributed by atoms with Crippen LogP contribution in [0.25, 0.3) is 0 Å². The lowest BCUT2D eigenvalue weighted by molar-refractivity contribution is -0.133. The second-order valence-electron chi connectivity index (χ2n) is 5.21. The standard InChI is InChI=1S/C15H23N3O/c1-17-13-8-5-9-18(11-13)15(19)14(16)10-12-6-3-2-4-7-12/h2-4,6-7,13-14,17H,5,8-11,16H2,1H3/t13?,14-/m0/s1. The zero-order valence-electron chi connectivity index (χ0n) is 11.5. The highest BCUT2D eigenvalue weighted by molar-refractivity contribution is 5.82. The number of carbonyl (C=O) groups excluding carboxylic acids is 1. The summed E-state index contributed by atoms with van der Waals surface area (Å²) in [7, 11) is 1.95. The minimum Gasteiger partial charge on any atom is -0.340 e. The third kappa shape index (κ3) is 3.78. The van der Waals surface area contributed by atoms with Crippen molar-refractivity contribution in [1.29, 1.82) is 0 Å². The second kappa shape index (κ2) is 6.68. The van der Waals surface area contributed by atoms with Gasteiger partial charge in [0, 0.05) is 19.1 Å². The average molecular weight is 261 g/mol. The Morgan fingerprint density at radius 1 is 1.47 bits per heavy atom. The summed E-state index contributed by atoms with van der Waals surface area (Å²) in [6.45, 7) is 1.61. The van der Waals surface area contributed by atoms with E-state index >= 15 is 0 Å². The van der Waals surface area contributed by atoms with Gasteiger partial charge < -0.3 is 16.0 Å². The molecule has 4 heteroatoms. The number of piperidine rings is 1. The Balaban J connectivity index is 1.91. The second-order valence-corrected chi connectivity index (χ2v) is 5.21. The fourth-order valence-electron chi connectivity index (χ4n) is 2.60. The first-order chi connectivity index (χ1) is 9.20. The number of hydrogen-bond acceptors (Lipinski definition) is 3. The van der Waals surface area contributed by atoms with Gasteiger partial charge in [0.05, 0.1) is 6.04 Å². The summed E-state index contributed by atoms with van der Waals surface area (Å²) in [6.07, 6.45) is 2.80. The normalized spacial score (nSPS) is 21.2. The molecule has 1 aliphatic heterocycles. The zero-order valence-corrected chi connectivity index (χ0v) is 11.5. The molecule has 0 bridgehead atoms. The summed E-state index contributed by atoms with van der Waals surface area (Å²) < 4.78 is 0. The minimum absolute atomic E-state index is 0.0730. The topological polar surface area (TPSA) is 58.4 Å². The number of nitrogens with two attached hydrogens (primary N) is 1. The molecule has 0 saturated carbocycles. The predicted molar refractivity (Wildman–Crippen MR) is 76.8 cm³/mol. The smallest absolute Gasteiger partial charge is 0.239 e. The summed E-state index contributed by atoms with van der Waals surface area (Å²) in [6, 6.07) is 9.92. The van der Waals surface area contributed by atoms with Crippen molar-refractivity contribution in [3.05, 3.63) is 35.9 Å². The minimum atomic E-state index is -0.432. The van der Waals surface area contributed by atoms with Crippen LogP contribution in [0.1, 0.15) is 18.4 Å². The Kier molecular flexibility index (Phi) is 4.93. The van der Waals surface area contributed by atoms with Crippen molar-refractivity contribution >= 4 is 5.91 Å². The maximum absolute atomic E-state index is 12.3. The molecule has 1 unspecified atom stereocenters. The van der Waals surface area contributed by atoms with E-state index in [-0.39, 0.29) is 5.91 Å². The van der Waals surface area contributed by atoms with Crippen molar-refractivity contribution in [3.63, 3.8) is 0 Å². The van der Waals surface area contributed by atoms with E-state index in [0.717, 1.165) is 31.5 Å². The first-order valence-electron chi connectivity index (χ1n) is 6.96. The van der Waals surface area contributed by atoms with Crippen molar-refractivity contribution < 1.29 is 4.79 Å². The molecule has 1 aromatic rings. The Bertz CT molecular complexity index is 407. The van der Waals surface area contributed by atoms with E-state index in [2.05, 4.69) is 5.32 Å². The van der Waals surface area contributed by atoms with Gasteiger partial charge in [-0.15, -0.1) is 0 Å². The molecular weight excluding hydrogens is 238 g/mol. The Morgan fingerprint density at radius 2 is 2.21 bits per heavy atom. The molecule has 104 valence electrons. The summed E-state index contributed by atoms with van der Waals surface area (Å²) in [5.41, 5.74) is 7.17. The summed E-state index contributed by atoms with van der Waals surface area (Å²) >= 11 is 0. The van der Waals surface area contributed by atoms with Gasteiger partial charge in [0.15, 0.2) is 0 Å². The molecule has 3 N–H and O–H groups in total. The van der Waals surface area contributed by atoms with Gasteiger partial charge in [-0.2, -0.15) is 0 Å². The number of amides is 1. The van der Waals surface area contributed by atoms with E-state index < -0.39 is 6.04 Å². The molecular formula is C15H23N3O. The van der Waals surface area contributed by atoms with Gasteiger partial charge in [-0.05, 0) is 31.9 Å².